The van der Waals surface area contributed by atoms with E-state index in [-0.39, 0.29) is 11.6 Å². The highest BCUT2D eigenvalue weighted by Gasteiger charge is 2.26. The van der Waals surface area contributed by atoms with Gasteiger partial charge in [0.2, 0.25) is 0 Å². The molecule has 21 heavy (non-hydrogen) atoms. The zero-order chi connectivity index (χ0) is 14.8. The lowest BCUT2D eigenvalue weighted by Crippen LogP contribution is -2.35. The molecule has 2 aromatic heterocycles. The lowest BCUT2D eigenvalue weighted by molar-refractivity contribution is -0.385. The molecular weight excluding hydrogens is 274 g/mol. The van der Waals surface area contributed by atoms with Gasteiger partial charge in [0.25, 0.3) is 5.69 Å². The molecule has 1 fully saturated rings. The molecule has 0 amide bonds. The van der Waals surface area contributed by atoms with E-state index in [2.05, 4.69) is 30.5 Å². The molecule has 9 nitrogen and oxygen atoms in total. The maximum atomic E-state index is 10.8. The van der Waals surface area contributed by atoms with Crippen molar-refractivity contribution in [3.8, 4) is 0 Å². The van der Waals surface area contributed by atoms with Gasteiger partial charge in [0.15, 0.2) is 5.82 Å². The topological polar surface area (TPSA) is 114 Å². The van der Waals surface area contributed by atoms with Crippen molar-refractivity contribution in [2.24, 2.45) is 0 Å². The molecule has 0 aromatic carbocycles. The highest BCUT2D eigenvalue weighted by atomic mass is 16.6. The average molecular weight is 289 g/mol. The van der Waals surface area contributed by atoms with Crippen LogP contribution in [0.15, 0.2) is 12.3 Å². The van der Waals surface area contributed by atoms with Gasteiger partial charge in [-0.1, -0.05) is 5.21 Å². The van der Waals surface area contributed by atoms with Crippen LogP contribution in [0.2, 0.25) is 0 Å². The van der Waals surface area contributed by atoms with Crippen LogP contribution in [0.5, 0.6) is 0 Å². The Morgan fingerprint density at radius 1 is 1.52 bits per heavy atom. The summed E-state index contributed by atoms with van der Waals surface area (Å²) in [6.07, 6.45) is 3.31. The number of aromatic nitrogens is 5. The number of pyridine rings is 1. The summed E-state index contributed by atoms with van der Waals surface area (Å²) in [6.45, 7) is 3.46. The molecule has 1 saturated heterocycles. The fourth-order valence-electron chi connectivity index (χ4n) is 2.71. The number of nitro groups is 1. The van der Waals surface area contributed by atoms with Crippen molar-refractivity contribution in [2.45, 2.75) is 25.7 Å². The molecule has 0 bridgehead atoms. The van der Waals surface area contributed by atoms with Gasteiger partial charge in [-0.2, -0.15) is 5.21 Å². The van der Waals surface area contributed by atoms with Gasteiger partial charge in [-0.15, -0.1) is 10.2 Å². The molecule has 9 heteroatoms. The molecule has 3 rings (SSSR count). The Hall–Kier alpha value is -2.58. The first-order chi connectivity index (χ1) is 10.1. The third kappa shape index (κ3) is 2.67. The number of aromatic amines is 1. The average Bonchev–Trinajstić information content (AvgIpc) is 3.01. The van der Waals surface area contributed by atoms with Crippen LogP contribution in [0.25, 0.3) is 0 Å². The smallest absolute Gasteiger partial charge is 0.287 e. The Morgan fingerprint density at radius 2 is 2.38 bits per heavy atom. The van der Waals surface area contributed by atoms with E-state index in [9.17, 15) is 10.1 Å². The minimum atomic E-state index is -0.428. The van der Waals surface area contributed by atoms with Crippen molar-refractivity contribution in [3.63, 3.8) is 0 Å². The van der Waals surface area contributed by atoms with Crippen molar-refractivity contribution >= 4 is 11.5 Å². The maximum absolute atomic E-state index is 10.8. The molecule has 3 heterocycles. The molecule has 0 spiro atoms. The Balaban J connectivity index is 1.82. The summed E-state index contributed by atoms with van der Waals surface area (Å²) in [4.78, 5) is 16.7. The van der Waals surface area contributed by atoms with Gasteiger partial charge in [-0.05, 0) is 25.3 Å². The molecule has 2 aromatic rings. The monoisotopic (exact) mass is 289 g/mol. The molecule has 1 atom stereocenters. The Bertz CT molecular complexity index is 643. The molecule has 0 aliphatic carbocycles. The van der Waals surface area contributed by atoms with E-state index in [1.807, 2.05) is 6.92 Å². The van der Waals surface area contributed by atoms with Crippen LogP contribution in [0.3, 0.4) is 0 Å². The quantitative estimate of drug-likeness (QED) is 0.666. The normalized spacial score (nSPS) is 18.7. The first-order valence-electron chi connectivity index (χ1n) is 6.74. The van der Waals surface area contributed by atoms with Crippen molar-refractivity contribution in [1.29, 1.82) is 0 Å². The Kier molecular flexibility index (Phi) is 3.46. The number of anilines is 1. The van der Waals surface area contributed by atoms with Crippen LogP contribution in [0.1, 0.15) is 30.1 Å². The number of nitrogens with zero attached hydrogens (tertiary/aromatic N) is 6. The number of hydrogen-bond donors (Lipinski definition) is 1. The second-order valence-corrected chi connectivity index (χ2v) is 5.15. The number of piperidine rings is 1. The molecule has 1 aliphatic heterocycles. The SMILES string of the molecule is Cc1cc([N+](=O)[O-])cnc1N1CCCC(c2nn[nH]n2)C1. The van der Waals surface area contributed by atoms with Gasteiger partial charge in [-0.25, -0.2) is 4.98 Å². The summed E-state index contributed by atoms with van der Waals surface area (Å²) in [5, 5.41) is 24.9. The van der Waals surface area contributed by atoms with Gasteiger partial charge in [-0.3, -0.25) is 10.1 Å². The van der Waals surface area contributed by atoms with Gasteiger partial charge in [0.1, 0.15) is 12.0 Å². The van der Waals surface area contributed by atoms with E-state index in [0.717, 1.165) is 37.3 Å². The fraction of sp³-hybridized carbons (Fsp3) is 0.500. The summed E-state index contributed by atoms with van der Waals surface area (Å²) in [5.74, 6) is 1.70. The molecular formula is C12H15N7O2. The van der Waals surface area contributed by atoms with Crippen molar-refractivity contribution < 1.29 is 4.92 Å². The van der Waals surface area contributed by atoms with Gasteiger partial charge in [0, 0.05) is 25.1 Å². The number of H-pyrrole nitrogens is 1. The standard InChI is InChI=1S/C12H15N7O2/c1-8-5-10(19(20)21)6-13-12(8)18-4-2-3-9(7-18)11-14-16-17-15-11/h5-6,9H,2-4,7H2,1H3,(H,14,15,16,17). The molecule has 0 saturated carbocycles. The van der Waals surface area contributed by atoms with Crippen molar-refractivity contribution in [2.75, 3.05) is 18.0 Å². The van der Waals surface area contributed by atoms with E-state index in [4.69, 9.17) is 0 Å². The zero-order valence-electron chi connectivity index (χ0n) is 11.6. The number of aryl methyl sites for hydroxylation is 1. The first kappa shape index (κ1) is 13.4. The van der Waals surface area contributed by atoms with Crippen LogP contribution in [-0.4, -0.2) is 43.6 Å². The van der Waals surface area contributed by atoms with E-state index in [1.165, 1.54) is 6.20 Å². The summed E-state index contributed by atoms with van der Waals surface area (Å²) in [6, 6.07) is 1.56. The highest BCUT2D eigenvalue weighted by Crippen LogP contribution is 2.29. The molecule has 1 unspecified atom stereocenters. The largest absolute Gasteiger partial charge is 0.356 e. The number of nitrogens with one attached hydrogen (secondary N) is 1. The van der Waals surface area contributed by atoms with Gasteiger partial charge >= 0.3 is 0 Å². The minimum absolute atomic E-state index is 0.0166. The maximum Gasteiger partial charge on any atom is 0.287 e. The second-order valence-electron chi connectivity index (χ2n) is 5.15. The van der Waals surface area contributed by atoms with Crippen LogP contribution in [0, 0.1) is 17.0 Å². The van der Waals surface area contributed by atoms with E-state index in [1.54, 1.807) is 6.07 Å². The number of hydrogen-bond acceptors (Lipinski definition) is 7. The predicted molar refractivity (Wildman–Crippen MR) is 74.0 cm³/mol. The molecule has 1 aliphatic rings. The first-order valence-corrected chi connectivity index (χ1v) is 6.74. The lowest BCUT2D eigenvalue weighted by atomic mass is 9.97. The second kappa shape index (κ2) is 5.43. The van der Waals surface area contributed by atoms with E-state index >= 15 is 0 Å². The lowest BCUT2D eigenvalue weighted by Gasteiger charge is -2.32. The van der Waals surface area contributed by atoms with Crippen molar-refractivity contribution in [1.82, 2.24) is 25.6 Å². The van der Waals surface area contributed by atoms with E-state index in [0.29, 0.717) is 5.82 Å². The highest BCUT2D eigenvalue weighted by molar-refractivity contribution is 5.51. The predicted octanol–water partition coefficient (Wildman–Crippen LogP) is 1.20. The Morgan fingerprint density at radius 3 is 3.05 bits per heavy atom. The molecule has 110 valence electrons. The van der Waals surface area contributed by atoms with Crippen LogP contribution in [-0.2, 0) is 0 Å². The molecule has 0 radical (unpaired) electrons. The third-order valence-corrected chi connectivity index (χ3v) is 3.69. The van der Waals surface area contributed by atoms with Gasteiger partial charge < -0.3 is 4.90 Å². The summed E-state index contributed by atoms with van der Waals surface area (Å²) < 4.78 is 0. The summed E-state index contributed by atoms with van der Waals surface area (Å²) >= 11 is 0. The van der Waals surface area contributed by atoms with E-state index < -0.39 is 4.92 Å². The van der Waals surface area contributed by atoms with Gasteiger partial charge in [0.05, 0.1) is 4.92 Å². The third-order valence-electron chi connectivity index (χ3n) is 3.69. The summed E-state index contributed by atoms with van der Waals surface area (Å²) in [5.41, 5.74) is 0.820. The van der Waals surface area contributed by atoms with Crippen LogP contribution >= 0.6 is 0 Å². The fourth-order valence-corrected chi connectivity index (χ4v) is 2.71. The zero-order valence-corrected chi connectivity index (χ0v) is 11.6. The van der Waals surface area contributed by atoms with Crippen LogP contribution < -0.4 is 4.90 Å². The minimum Gasteiger partial charge on any atom is -0.356 e. The number of rotatable bonds is 3. The number of tetrazole rings is 1. The molecule has 1 N–H and O–H groups in total. The summed E-state index contributed by atoms with van der Waals surface area (Å²) in [7, 11) is 0. The van der Waals surface area contributed by atoms with Crippen LogP contribution in [0.4, 0.5) is 11.5 Å². The Labute approximate surface area is 120 Å². The van der Waals surface area contributed by atoms with Crippen molar-refractivity contribution in [3.05, 3.63) is 33.8 Å².